The number of primary amides is 1. The van der Waals surface area contributed by atoms with E-state index in [0.29, 0.717) is 5.69 Å². The lowest BCUT2D eigenvalue weighted by Gasteiger charge is -2.18. The van der Waals surface area contributed by atoms with Crippen LogP contribution in [0.5, 0.6) is 0 Å². The maximum absolute atomic E-state index is 12.7. The standard InChI is InChI=1S/C22H28N4O6S/c1-15(2)26-33(30,31)18-10-8-17(9-11-18)24-21(28)19(12-13-20(23)27)25-22(29)32-14-16-6-4-3-5-7-16/h3-11,15,19,26H,12-14H2,1-2H3,(H2,23,27)(H,24,28)(H,25,29)/t19-/m0/s1. The van der Waals surface area contributed by atoms with E-state index in [1.165, 1.54) is 24.3 Å². The first-order chi connectivity index (χ1) is 15.6. The summed E-state index contributed by atoms with van der Waals surface area (Å²) in [4.78, 5) is 36.1. The molecule has 2 aromatic rings. The van der Waals surface area contributed by atoms with Gasteiger partial charge < -0.3 is 21.1 Å². The van der Waals surface area contributed by atoms with E-state index in [2.05, 4.69) is 15.4 Å². The maximum Gasteiger partial charge on any atom is 0.408 e. The molecule has 5 N–H and O–H groups in total. The number of amides is 3. The van der Waals surface area contributed by atoms with Gasteiger partial charge in [-0.15, -0.1) is 0 Å². The van der Waals surface area contributed by atoms with E-state index in [0.717, 1.165) is 5.56 Å². The summed E-state index contributed by atoms with van der Waals surface area (Å²) >= 11 is 0. The Balaban J connectivity index is 2.02. The zero-order valence-electron chi connectivity index (χ0n) is 18.4. The van der Waals surface area contributed by atoms with Crippen molar-refractivity contribution in [3.63, 3.8) is 0 Å². The second-order valence-electron chi connectivity index (χ2n) is 7.55. The van der Waals surface area contributed by atoms with E-state index < -0.39 is 34.0 Å². The van der Waals surface area contributed by atoms with Gasteiger partial charge in [0, 0.05) is 18.2 Å². The van der Waals surface area contributed by atoms with Crippen LogP contribution in [0.15, 0.2) is 59.5 Å². The molecule has 0 unspecified atom stereocenters. The lowest BCUT2D eigenvalue weighted by Crippen LogP contribution is -2.44. The summed E-state index contributed by atoms with van der Waals surface area (Å²) in [5.74, 6) is -1.23. The number of alkyl carbamates (subject to hydrolysis) is 1. The fourth-order valence-electron chi connectivity index (χ4n) is 2.79. The monoisotopic (exact) mass is 476 g/mol. The minimum atomic E-state index is -3.67. The molecule has 10 nitrogen and oxygen atoms in total. The first kappa shape index (κ1) is 25.8. The second-order valence-corrected chi connectivity index (χ2v) is 9.27. The molecule has 11 heteroatoms. The van der Waals surface area contributed by atoms with Crippen molar-refractivity contribution in [1.29, 1.82) is 0 Å². The SMILES string of the molecule is CC(C)NS(=O)(=O)c1ccc(NC(=O)[C@H](CCC(N)=O)NC(=O)OCc2ccccc2)cc1. The summed E-state index contributed by atoms with van der Waals surface area (Å²) in [5, 5.41) is 5.02. The summed E-state index contributed by atoms with van der Waals surface area (Å²) < 4.78 is 32.0. The minimum absolute atomic E-state index is 0.0111. The Labute approximate surface area is 192 Å². The molecule has 33 heavy (non-hydrogen) atoms. The van der Waals surface area contributed by atoms with Gasteiger partial charge in [-0.25, -0.2) is 17.9 Å². The van der Waals surface area contributed by atoms with Crippen LogP contribution in [0.3, 0.4) is 0 Å². The molecule has 0 aliphatic rings. The molecule has 0 saturated heterocycles. The van der Waals surface area contributed by atoms with Gasteiger partial charge in [0.25, 0.3) is 0 Å². The van der Waals surface area contributed by atoms with E-state index >= 15 is 0 Å². The minimum Gasteiger partial charge on any atom is -0.445 e. The Morgan fingerprint density at radius 2 is 1.64 bits per heavy atom. The average molecular weight is 477 g/mol. The van der Waals surface area contributed by atoms with Crippen LogP contribution in [-0.4, -0.2) is 38.4 Å². The van der Waals surface area contributed by atoms with Gasteiger partial charge in [0.2, 0.25) is 21.8 Å². The van der Waals surface area contributed by atoms with Gasteiger partial charge in [-0.3, -0.25) is 9.59 Å². The van der Waals surface area contributed by atoms with Crippen molar-refractivity contribution < 1.29 is 27.5 Å². The molecule has 2 aromatic carbocycles. The molecule has 0 bridgehead atoms. The summed E-state index contributed by atoms with van der Waals surface area (Å²) in [6, 6.07) is 13.2. The van der Waals surface area contributed by atoms with Crippen LogP contribution in [0.2, 0.25) is 0 Å². The Kier molecular flexibility index (Phi) is 9.37. The van der Waals surface area contributed by atoms with Crippen LogP contribution in [-0.2, 0) is 31.0 Å². The van der Waals surface area contributed by atoms with Gasteiger partial charge in [0.05, 0.1) is 4.90 Å². The van der Waals surface area contributed by atoms with Crippen LogP contribution < -0.4 is 21.1 Å². The average Bonchev–Trinajstić information content (AvgIpc) is 2.75. The zero-order valence-corrected chi connectivity index (χ0v) is 19.2. The molecule has 0 heterocycles. The van der Waals surface area contributed by atoms with E-state index in [1.807, 2.05) is 6.07 Å². The summed E-state index contributed by atoms with van der Waals surface area (Å²) in [7, 11) is -3.67. The van der Waals surface area contributed by atoms with Gasteiger partial charge in [-0.1, -0.05) is 30.3 Å². The molecular formula is C22H28N4O6S. The second kappa shape index (κ2) is 12.0. The molecule has 3 amide bonds. The largest absolute Gasteiger partial charge is 0.445 e. The highest BCUT2D eigenvalue weighted by Crippen LogP contribution is 2.15. The van der Waals surface area contributed by atoms with Crippen molar-refractivity contribution in [3.8, 4) is 0 Å². The molecule has 0 spiro atoms. The van der Waals surface area contributed by atoms with E-state index in [1.54, 1.807) is 38.1 Å². The molecular weight excluding hydrogens is 448 g/mol. The molecule has 0 aliphatic heterocycles. The van der Waals surface area contributed by atoms with Crippen LogP contribution in [0, 0.1) is 0 Å². The van der Waals surface area contributed by atoms with Gasteiger partial charge in [0.15, 0.2) is 0 Å². The topological polar surface area (TPSA) is 157 Å². The molecule has 2 rings (SSSR count). The summed E-state index contributed by atoms with van der Waals surface area (Å²) in [5.41, 5.74) is 6.26. The number of rotatable bonds is 11. The molecule has 0 saturated carbocycles. The van der Waals surface area contributed by atoms with E-state index in [4.69, 9.17) is 10.5 Å². The Morgan fingerprint density at radius 3 is 2.21 bits per heavy atom. The van der Waals surface area contributed by atoms with Crippen LogP contribution in [0.1, 0.15) is 32.3 Å². The third kappa shape index (κ3) is 8.91. The molecule has 0 radical (unpaired) electrons. The third-order valence-corrected chi connectivity index (χ3v) is 6.00. The first-order valence-electron chi connectivity index (χ1n) is 10.3. The van der Waals surface area contributed by atoms with Crippen LogP contribution in [0.4, 0.5) is 10.5 Å². The van der Waals surface area contributed by atoms with Crippen molar-refractivity contribution in [2.45, 2.75) is 50.3 Å². The van der Waals surface area contributed by atoms with Crippen molar-refractivity contribution in [2.75, 3.05) is 5.32 Å². The molecule has 1 atom stereocenters. The normalized spacial score (nSPS) is 12.1. The fraction of sp³-hybridized carbons (Fsp3) is 0.318. The smallest absolute Gasteiger partial charge is 0.408 e. The van der Waals surface area contributed by atoms with Crippen molar-refractivity contribution in [2.24, 2.45) is 5.73 Å². The highest BCUT2D eigenvalue weighted by molar-refractivity contribution is 7.89. The number of sulfonamides is 1. The summed E-state index contributed by atoms with van der Waals surface area (Å²) in [6.07, 6.45) is -0.994. The molecule has 0 aliphatic carbocycles. The Bertz CT molecular complexity index is 1060. The number of hydrogen-bond acceptors (Lipinski definition) is 6. The number of benzene rings is 2. The number of ether oxygens (including phenoxy) is 1. The van der Waals surface area contributed by atoms with E-state index in [9.17, 15) is 22.8 Å². The van der Waals surface area contributed by atoms with Crippen molar-refractivity contribution in [3.05, 3.63) is 60.2 Å². The number of nitrogens with two attached hydrogens (primary N) is 1. The number of carbonyl (C=O) groups is 3. The van der Waals surface area contributed by atoms with E-state index in [-0.39, 0.29) is 30.4 Å². The quantitative estimate of drug-likeness (QED) is 0.388. The van der Waals surface area contributed by atoms with Crippen LogP contribution in [0.25, 0.3) is 0 Å². The molecule has 0 aromatic heterocycles. The van der Waals surface area contributed by atoms with Crippen molar-refractivity contribution >= 4 is 33.6 Å². The fourth-order valence-corrected chi connectivity index (χ4v) is 4.04. The predicted octanol–water partition coefficient (Wildman–Crippen LogP) is 1.87. The third-order valence-electron chi connectivity index (χ3n) is 4.32. The van der Waals surface area contributed by atoms with Gasteiger partial charge in [-0.05, 0) is 50.1 Å². The lowest BCUT2D eigenvalue weighted by atomic mass is 10.1. The van der Waals surface area contributed by atoms with Gasteiger partial charge in [-0.2, -0.15) is 0 Å². The number of anilines is 1. The molecule has 178 valence electrons. The highest BCUT2D eigenvalue weighted by Gasteiger charge is 2.23. The van der Waals surface area contributed by atoms with Gasteiger partial charge in [0.1, 0.15) is 12.6 Å². The van der Waals surface area contributed by atoms with Crippen LogP contribution >= 0.6 is 0 Å². The molecule has 0 fully saturated rings. The lowest BCUT2D eigenvalue weighted by molar-refractivity contribution is -0.119. The highest BCUT2D eigenvalue weighted by atomic mass is 32.2. The predicted molar refractivity (Wildman–Crippen MR) is 123 cm³/mol. The zero-order chi connectivity index (χ0) is 24.4. The van der Waals surface area contributed by atoms with Gasteiger partial charge >= 0.3 is 6.09 Å². The number of carbonyl (C=O) groups excluding carboxylic acids is 3. The summed E-state index contributed by atoms with van der Waals surface area (Å²) in [6.45, 7) is 3.42. The Hall–Kier alpha value is -3.44. The Morgan fingerprint density at radius 1 is 1.00 bits per heavy atom. The number of hydrogen-bond donors (Lipinski definition) is 4. The maximum atomic E-state index is 12.7. The van der Waals surface area contributed by atoms with Crippen molar-refractivity contribution in [1.82, 2.24) is 10.0 Å². The number of nitrogens with one attached hydrogen (secondary N) is 3. The first-order valence-corrected chi connectivity index (χ1v) is 11.7.